The van der Waals surface area contributed by atoms with E-state index in [2.05, 4.69) is 4.90 Å². The fourth-order valence-electron chi connectivity index (χ4n) is 3.74. The van der Waals surface area contributed by atoms with E-state index < -0.39 is 11.7 Å². The average Bonchev–Trinajstić information content (AvgIpc) is 2.62. The minimum absolute atomic E-state index is 0.0738. The Labute approximate surface area is 158 Å². The summed E-state index contributed by atoms with van der Waals surface area (Å²) in [4.78, 5) is 26.7. The molecule has 1 aromatic carbocycles. The number of nitrogens with zero attached hydrogens (tertiary/aromatic N) is 2. The molecular weight excluding hydrogens is 353 g/mol. The quantitative estimate of drug-likeness (QED) is 0.443. The zero-order chi connectivity index (χ0) is 19.6. The molecule has 1 fully saturated rings. The van der Waals surface area contributed by atoms with Gasteiger partial charge in [0.2, 0.25) is 5.91 Å². The SMILES string of the molecule is CC(=O)N1CC(C)(OCCCN2CCc3cc(C(=O)NO)cc(F)c3C2)C1. The number of halogens is 1. The number of benzene rings is 1. The van der Waals surface area contributed by atoms with Crippen molar-refractivity contribution in [2.45, 2.75) is 38.8 Å². The molecule has 0 unspecified atom stereocenters. The molecule has 0 radical (unpaired) electrons. The van der Waals surface area contributed by atoms with Crippen LogP contribution in [0.3, 0.4) is 0 Å². The number of carbonyl (C=O) groups excluding carboxylic acids is 2. The summed E-state index contributed by atoms with van der Waals surface area (Å²) in [5, 5.41) is 8.71. The van der Waals surface area contributed by atoms with Crippen molar-refractivity contribution in [3.05, 3.63) is 34.6 Å². The number of amides is 2. The van der Waals surface area contributed by atoms with Gasteiger partial charge in [0.25, 0.3) is 5.91 Å². The second kappa shape index (κ2) is 7.92. The van der Waals surface area contributed by atoms with Gasteiger partial charge in [-0.1, -0.05) is 0 Å². The number of ether oxygens (including phenoxy) is 1. The molecule has 27 heavy (non-hydrogen) atoms. The maximum absolute atomic E-state index is 14.4. The number of likely N-dealkylation sites (tertiary alicyclic amines) is 1. The van der Waals surface area contributed by atoms with Crippen LogP contribution in [-0.4, -0.2) is 65.2 Å². The highest BCUT2D eigenvalue weighted by atomic mass is 19.1. The van der Waals surface area contributed by atoms with Gasteiger partial charge in [0.05, 0.1) is 13.1 Å². The van der Waals surface area contributed by atoms with Crippen LogP contribution in [0.4, 0.5) is 4.39 Å². The van der Waals surface area contributed by atoms with E-state index in [1.165, 1.54) is 5.48 Å². The van der Waals surface area contributed by atoms with Crippen molar-refractivity contribution in [1.82, 2.24) is 15.3 Å². The minimum Gasteiger partial charge on any atom is -0.372 e. The smallest absolute Gasteiger partial charge is 0.274 e. The number of carbonyl (C=O) groups is 2. The summed E-state index contributed by atoms with van der Waals surface area (Å²) in [6, 6.07) is 2.80. The molecule has 2 N–H and O–H groups in total. The summed E-state index contributed by atoms with van der Waals surface area (Å²) in [5.41, 5.74) is 2.84. The highest BCUT2D eigenvalue weighted by molar-refractivity contribution is 5.93. The molecule has 2 heterocycles. The van der Waals surface area contributed by atoms with Crippen LogP contribution in [0.25, 0.3) is 0 Å². The summed E-state index contributed by atoms with van der Waals surface area (Å²) in [7, 11) is 0. The number of nitrogens with one attached hydrogen (secondary N) is 1. The molecule has 1 saturated heterocycles. The predicted molar refractivity (Wildman–Crippen MR) is 95.9 cm³/mol. The van der Waals surface area contributed by atoms with Crippen LogP contribution >= 0.6 is 0 Å². The van der Waals surface area contributed by atoms with Gasteiger partial charge in [0.1, 0.15) is 11.4 Å². The summed E-state index contributed by atoms with van der Waals surface area (Å²) in [6.45, 7) is 7.52. The molecule has 2 amide bonds. The van der Waals surface area contributed by atoms with E-state index in [1.807, 2.05) is 6.92 Å². The molecule has 0 saturated carbocycles. The lowest BCUT2D eigenvalue weighted by atomic mass is 9.96. The molecule has 7 nitrogen and oxygen atoms in total. The number of hydroxylamine groups is 1. The molecule has 0 aromatic heterocycles. The van der Waals surface area contributed by atoms with Crippen LogP contribution in [0.5, 0.6) is 0 Å². The first-order chi connectivity index (χ1) is 12.8. The van der Waals surface area contributed by atoms with Crippen molar-refractivity contribution in [2.24, 2.45) is 0 Å². The standard InChI is InChI=1S/C19H26FN3O4/c1-13(24)23-11-19(2,12-23)27-7-3-5-22-6-4-14-8-15(18(25)21-26)9-17(20)16(14)10-22/h8-9,26H,3-7,10-12H2,1-2H3,(H,21,25). The Morgan fingerprint density at radius 3 is 2.78 bits per heavy atom. The van der Waals surface area contributed by atoms with E-state index in [9.17, 15) is 14.0 Å². The van der Waals surface area contributed by atoms with Crippen molar-refractivity contribution >= 4 is 11.8 Å². The van der Waals surface area contributed by atoms with Crippen molar-refractivity contribution in [2.75, 3.05) is 32.8 Å². The molecule has 0 spiro atoms. The maximum Gasteiger partial charge on any atom is 0.274 e. The second-order valence-corrected chi connectivity index (χ2v) is 7.59. The van der Waals surface area contributed by atoms with Crippen LogP contribution in [0.1, 0.15) is 41.8 Å². The third-order valence-electron chi connectivity index (χ3n) is 5.30. The van der Waals surface area contributed by atoms with Gasteiger partial charge < -0.3 is 9.64 Å². The first-order valence-electron chi connectivity index (χ1n) is 9.19. The largest absolute Gasteiger partial charge is 0.372 e. The molecular formula is C19H26FN3O4. The topological polar surface area (TPSA) is 82.1 Å². The molecule has 8 heteroatoms. The van der Waals surface area contributed by atoms with Crippen LogP contribution in [-0.2, 0) is 22.5 Å². The summed E-state index contributed by atoms with van der Waals surface area (Å²) >= 11 is 0. The molecule has 0 bridgehead atoms. The van der Waals surface area contributed by atoms with Gasteiger partial charge in [-0.25, -0.2) is 9.87 Å². The fraction of sp³-hybridized carbons (Fsp3) is 0.579. The van der Waals surface area contributed by atoms with Crippen LogP contribution in [0.15, 0.2) is 12.1 Å². The minimum atomic E-state index is -0.705. The Balaban J connectivity index is 1.46. The first kappa shape index (κ1) is 19.7. The molecule has 0 aliphatic carbocycles. The Morgan fingerprint density at radius 2 is 2.11 bits per heavy atom. The Hall–Kier alpha value is -2.03. The highest BCUT2D eigenvalue weighted by Gasteiger charge is 2.40. The lowest BCUT2D eigenvalue weighted by Crippen LogP contribution is -2.62. The second-order valence-electron chi connectivity index (χ2n) is 7.59. The van der Waals surface area contributed by atoms with Gasteiger partial charge in [-0.2, -0.15) is 0 Å². The molecule has 3 rings (SSSR count). The van der Waals surface area contributed by atoms with E-state index in [0.717, 1.165) is 31.1 Å². The van der Waals surface area contributed by atoms with Crippen molar-refractivity contribution in [1.29, 1.82) is 0 Å². The van der Waals surface area contributed by atoms with Crippen molar-refractivity contribution < 1.29 is 23.9 Å². The van der Waals surface area contributed by atoms with Gasteiger partial charge in [-0.3, -0.25) is 19.7 Å². The lowest BCUT2D eigenvalue weighted by molar-refractivity contribution is -0.162. The molecule has 2 aliphatic heterocycles. The van der Waals surface area contributed by atoms with E-state index >= 15 is 0 Å². The first-order valence-corrected chi connectivity index (χ1v) is 9.19. The van der Waals surface area contributed by atoms with Crippen molar-refractivity contribution in [3.8, 4) is 0 Å². The maximum atomic E-state index is 14.4. The lowest BCUT2D eigenvalue weighted by Gasteiger charge is -2.47. The zero-order valence-electron chi connectivity index (χ0n) is 15.8. The fourth-order valence-corrected chi connectivity index (χ4v) is 3.74. The van der Waals surface area contributed by atoms with Crippen LogP contribution in [0.2, 0.25) is 0 Å². The average molecular weight is 379 g/mol. The predicted octanol–water partition coefficient (Wildman–Crippen LogP) is 1.33. The number of rotatable bonds is 6. The number of hydrogen-bond acceptors (Lipinski definition) is 5. The number of fused-ring (bicyclic) bond motifs is 1. The summed E-state index contributed by atoms with van der Waals surface area (Å²) in [5.74, 6) is -1.05. The normalized spacial score (nSPS) is 18.6. The molecule has 2 aliphatic rings. The highest BCUT2D eigenvalue weighted by Crippen LogP contribution is 2.26. The van der Waals surface area contributed by atoms with Gasteiger partial charge in [0, 0.05) is 44.3 Å². The van der Waals surface area contributed by atoms with E-state index in [0.29, 0.717) is 38.2 Å². The molecule has 1 aromatic rings. The van der Waals surface area contributed by atoms with Crippen LogP contribution in [0, 0.1) is 5.82 Å². The van der Waals surface area contributed by atoms with E-state index in [1.54, 1.807) is 17.9 Å². The van der Waals surface area contributed by atoms with E-state index in [-0.39, 0.29) is 17.1 Å². The van der Waals surface area contributed by atoms with Crippen LogP contribution < -0.4 is 5.48 Å². The Bertz CT molecular complexity index is 734. The van der Waals surface area contributed by atoms with Gasteiger partial charge in [0.15, 0.2) is 0 Å². The Kier molecular flexibility index (Phi) is 5.78. The molecule has 148 valence electrons. The monoisotopic (exact) mass is 379 g/mol. The van der Waals surface area contributed by atoms with Crippen molar-refractivity contribution in [3.63, 3.8) is 0 Å². The summed E-state index contributed by atoms with van der Waals surface area (Å²) in [6.07, 6.45) is 1.49. The molecule has 0 atom stereocenters. The third-order valence-corrected chi connectivity index (χ3v) is 5.30. The Morgan fingerprint density at radius 1 is 1.37 bits per heavy atom. The third kappa shape index (κ3) is 4.45. The summed E-state index contributed by atoms with van der Waals surface area (Å²) < 4.78 is 20.3. The van der Waals surface area contributed by atoms with Gasteiger partial charge in [-0.05, 0) is 37.5 Å². The zero-order valence-corrected chi connectivity index (χ0v) is 15.8. The number of hydrogen-bond donors (Lipinski definition) is 2. The van der Waals surface area contributed by atoms with Gasteiger partial charge in [-0.15, -0.1) is 0 Å². The van der Waals surface area contributed by atoms with E-state index in [4.69, 9.17) is 9.94 Å². The van der Waals surface area contributed by atoms with Gasteiger partial charge >= 0.3 is 0 Å².